The Morgan fingerprint density at radius 2 is 2.00 bits per heavy atom. The smallest absolute Gasteiger partial charge is 0.236 e. The molecule has 1 amide bonds. The summed E-state index contributed by atoms with van der Waals surface area (Å²) >= 11 is 0. The van der Waals surface area contributed by atoms with E-state index in [9.17, 15) is 4.79 Å². The predicted octanol–water partition coefficient (Wildman–Crippen LogP) is 0.951. The van der Waals surface area contributed by atoms with Gasteiger partial charge in [-0.15, -0.1) is 0 Å². The van der Waals surface area contributed by atoms with Crippen molar-refractivity contribution in [2.24, 2.45) is 11.5 Å². The Kier molecular flexibility index (Phi) is 4.59. The summed E-state index contributed by atoms with van der Waals surface area (Å²) in [6.07, 6.45) is 0. The maximum Gasteiger partial charge on any atom is 0.236 e. The lowest BCUT2D eigenvalue weighted by Crippen LogP contribution is -2.35. The molecule has 4 N–H and O–H groups in total. The Bertz CT molecular complexity index is 620. The van der Waals surface area contributed by atoms with Crippen LogP contribution in [0.1, 0.15) is 18.2 Å². The highest BCUT2D eigenvalue weighted by atomic mass is 16.1. The summed E-state index contributed by atoms with van der Waals surface area (Å²) in [5, 5.41) is 4.57. The van der Waals surface area contributed by atoms with Gasteiger partial charge < -0.3 is 16.4 Å². The van der Waals surface area contributed by atoms with E-state index in [1.165, 1.54) is 0 Å². The molecule has 0 radical (unpaired) electrons. The second-order valence-electron chi connectivity index (χ2n) is 4.82. The molecule has 1 heterocycles. The van der Waals surface area contributed by atoms with Crippen molar-refractivity contribution in [3.05, 3.63) is 41.6 Å². The minimum Gasteiger partial charge on any atom is -0.368 e. The number of likely N-dealkylation sites (N-methyl/N-ethyl adjacent to an activating group) is 1. The summed E-state index contributed by atoms with van der Waals surface area (Å²) in [4.78, 5) is 13.2. The van der Waals surface area contributed by atoms with E-state index < -0.39 is 0 Å². The number of primary amides is 1. The fraction of sp³-hybridized carbons (Fsp3) is 0.333. The number of rotatable bonds is 6. The molecule has 6 heteroatoms. The van der Waals surface area contributed by atoms with Gasteiger partial charge in [-0.05, 0) is 26.0 Å². The van der Waals surface area contributed by atoms with Crippen molar-refractivity contribution < 1.29 is 4.79 Å². The minimum atomic E-state index is -0.377. The summed E-state index contributed by atoms with van der Waals surface area (Å²) in [6, 6.07) is 9.78. The van der Waals surface area contributed by atoms with Crippen molar-refractivity contribution in [1.82, 2.24) is 9.78 Å². The van der Waals surface area contributed by atoms with Crippen molar-refractivity contribution in [3.8, 4) is 5.69 Å². The van der Waals surface area contributed by atoms with E-state index in [1.54, 1.807) is 0 Å². The molecule has 0 fully saturated rings. The third kappa shape index (κ3) is 3.05. The van der Waals surface area contributed by atoms with Gasteiger partial charge in [0.05, 0.1) is 17.9 Å². The highest BCUT2D eigenvalue weighted by Crippen LogP contribution is 2.26. The van der Waals surface area contributed by atoms with E-state index in [-0.39, 0.29) is 12.5 Å². The third-order valence-corrected chi connectivity index (χ3v) is 3.39. The van der Waals surface area contributed by atoms with E-state index in [2.05, 4.69) is 5.10 Å². The van der Waals surface area contributed by atoms with Crippen LogP contribution >= 0.6 is 0 Å². The Balaban J connectivity index is 2.58. The van der Waals surface area contributed by atoms with Crippen LogP contribution in [0.3, 0.4) is 0 Å². The van der Waals surface area contributed by atoms with E-state index >= 15 is 0 Å². The highest BCUT2D eigenvalue weighted by molar-refractivity contribution is 5.79. The van der Waals surface area contributed by atoms with Crippen LogP contribution in [0.25, 0.3) is 5.69 Å². The number of hydrogen-bond donors (Lipinski definition) is 2. The van der Waals surface area contributed by atoms with E-state index in [0.29, 0.717) is 13.1 Å². The Hall–Kier alpha value is -2.34. The summed E-state index contributed by atoms with van der Waals surface area (Å²) < 4.78 is 1.82. The van der Waals surface area contributed by atoms with Crippen LogP contribution in [-0.4, -0.2) is 28.8 Å². The minimum absolute atomic E-state index is 0.140. The molecule has 112 valence electrons. The number of anilines is 1. The fourth-order valence-corrected chi connectivity index (χ4v) is 2.38. The first-order valence-electron chi connectivity index (χ1n) is 6.95. The number of aryl methyl sites for hydroxylation is 1. The van der Waals surface area contributed by atoms with Gasteiger partial charge in [-0.1, -0.05) is 18.2 Å². The maximum absolute atomic E-state index is 11.3. The molecule has 1 aromatic carbocycles. The molecule has 0 unspecified atom stereocenters. The van der Waals surface area contributed by atoms with Crippen LogP contribution in [0.4, 0.5) is 5.82 Å². The maximum atomic E-state index is 11.3. The molecule has 0 saturated heterocycles. The van der Waals surface area contributed by atoms with E-state index in [0.717, 1.165) is 22.8 Å². The van der Waals surface area contributed by atoms with Crippen LogP contribution < -0.4 is 16.4 Å². The largest absolute Gasteiger partial charge is 0.368 e. The monoisotopic (exact) mass is 287 g/mol. The number of hydrogen-bond acceptors (Lipinski definition) is 4. The lowest BCUT2D eigenvalue weighted by Gasteiger charge is -2.23. The Morgan fingerprint density at radius 1 is 1.33 bits per heavy atom. The number of aromatic nitrogens is 2. The average Bonchev–Trinajstić information content (AvgIpc) is 2.82. The molecule has 1 aromatic heterocycles. The molecular formula is C15H21N5O. The molecule has 0 aliphatic heterocycles. The molecule has 0 spiro atoms. The van der Waals surface area contributed by atoms with Crippen LogP contribution in [0, 0.1) is 6.92 Å². The molecular weight excluding hydrogens is 266 g/mol. The first-order valence-corrected chi connectivity index (χ1v) is 6.95. The number of para-hydroxylation sites is 1. The molecule has 0 saturated carbocycles. The van der Waals surface area contributed by atoms with Crippen LogP contribution in [0.5, 0.6) is 0 Å². The van der Waals surface area contributed by atoms with Gasteiger partial charge in [0.15, 0.2) is 0 Å². The molecule has 6 nitrogen and oxygen atoms in total. The van der Waals surface area contributed by atoms with Crippen molar-refractivity contribution in [2.75, 3.05) is 18.0 Å². The quantitative estimate of drug-likeness (QED) is 0.827. The van der Waals surface area contributed by atoms with E-state index in [1.807, 2.05) is 53.8 Å². The third-order valence-electron chi connectivity index (χ3n) is 3.39. The summed E-state index contributed by atoms with van der Waals surface area (Å²) in [5.41, 5.74) is 13.9. The molecule has 2 aromatic rings. The lowest BCUT2D eigenvalue weighted by molar-refractivity contribution is -0.116. The zero-order valence-electron chi connectivity index (χ0n) is 12.4. The second kappa shape index (κ2) is 6.41. The van der Waals surface area contributed by atoms with Gasteiger partial charge in [-0.2, -0.15) is 5.10 Å². The van der Waals surface area contributed by atoms with Crippen molar-refractivity contribution in [2.45, 2.75) is 20.4 Å². The first-order chi connectivity index (χ1) is 10.1. The van der Waals surface area contributed by atoms with Gasteiger partial charge in [0.1, 0.15) is 5.82 Å². The SMILES string of the molecule is CCN(CC(N)=O)c1c(CN)c(C)nn1-c1ccccc1. The van der Waals surface area contributed by atoms with Gasteiger partial charge in [0.25, 0.3) is 0 Å². The van der Waals surface area contributed by atoms with Gasteiger partial charge >= 0.3 is 0 Å². The van der Waals surface area contributed by atoms with Crippen molar-refractivity contribution in [1.29, 1.82) is 0 Å². The molecule has 0 bridgehead atoms. The number of carbonyl (C=O) groups is 1. The molecule has 21 heavy (non-hydrogen) atoms. The van der Waals surface area contributed by atoms with Crippen LogP contribution in [0.15, 0.2) is 30.3 Å². The topological polar surface area (TPSA) is 90.2 Å². The van der Waals surface area contributed by atoms with Gasteiger partial charge in [-0.25, -0.2) is 4.68 Å². The Labute approximate surface area is 124 Å². The second-order valence-corrected chi connectivity index (χ2v) is 4.82. The predicted molar refractivity (Wildman–Crippen MR) is 83.3 cm³/mol. The van der Waals surface area contributed by atoms with Crippen LogP contribution in [0.2, 0.25) is 0 Å². The normalized spacial score (nSPS) is 10.6. The number of nitrogens with two attached hydrogens (primary N) is 2. The highest BCUT2D eigenvalue weighted by Gasteiger charge is 2.21. The molecule has 2 rings (SSSR count). The summed E-state index contributed by atoms with van der Waals surface area (Å²) in [7, 11) is 0. The molecule has 0 aliphatic carbocycles. The van der Waals surface area contributed by atoms with Gasteiger partial charge in [0.2, 0.25) is 5.91 Å². The number of carbonyl (C=O) groups excluding carboxylic acids is 1. The molecule has 0 aliphatic rings. The zero-order chi connectivity index (χ0) is 15.4. The standard InChI is InChI=1S/C15H21N5O/c1-3-19(10-14(17)21)15-13(9-16)11(2)18-20(15)12-7-5-4-6-8-12/h4-8H,3,9-10,16H2,1-2H3,(H2,17,21). The number of benzene rings is 1. The first kappa shape index (κ1) is 15.1. The number of nitrogens with zero attached hydrogens (tertiary/aromatic N) is 3. The van der Waals surface area contributed by atoms with Crippen LogP contribution in [-0.2, 0) is 11.3 Å². The Morgan fingerprint density at radius 3 is 2.52 bits per heavy atom. The van der Waals surface area contributed by atoms with Gasteiger partial charge in [-0.3, -0.25) is 4.79 Å². The van der Waals surface area contributed by atoms with Gasteiger partial charge in [0, 0.05) is 18.7 Å². The lowest BCUT2D eigenvalue weighted by atomic mass is 10.2. The molecule has 0 atom stereocenters. The average molecular weight is 287 g/mol. The van der Waals surface area contributed by atoms with E-state index in [4.69, 9.17) is 11.5 Å². The van der Waals surface area contributed by atoms with Crippen molar-refractivity contribution >= 4 is 11.7 Å². The van der Waals surface area contributed by atoms with Crippen molar-refractivity contribution in [3.63, 3.8) is 0 Å². The summed E-state index contributed by atoms with van der Waals surface area (Å²) in [6.45, 7) is 5.04. The summed E-state index contributed by atoms with van der Waals surface area (Å²) in [5.74, 6) is 0.459. The number of amides is 1. The zero-order valence-corrected chi connectivity index (χ0v) is 12.4. The fourth-order valence-electron chi connectivity index (χ4n) is 2.38.